The van der Waals surface area contributed by atoms with E-state index < -0.39 is 0 Å². The quantitative estimate of drug-likeness (QED) is 0.844. The Kier molecular flexibility index (Phi) is 6.90. The monoisotopic (exact) mass is 287 g/mol. The van der Waals surface area contributed by atoms with E-state index in [-0.39, 0.29) is 5.91 Å². The molecule has 1 heterocycles. The fourth-order valence-corrected chi connectivity index (χ4v) is 2.08. The minimum atomic E-state index is 0.0151. The van der Waals surface area contributed by atoms with E-state index in [1.807, 2.05) is 4.90 Å². The molecule has 0 saturated carbocycles. The molecule has 21 heavy (non-hydrogen) atoms. The molecule has 0 aliphatic heterocycles. The van der Waals surface area contributed by atoms with Gasteiger partial charge in [-0.3, -0.25) is 9.78 Å². The summed E-state index contributed by atoms with van der Waals surface area (Å²) in [7, 11) is 0. The molecular formula is C17H25N3O. The van der Waals surface area contributed by atoms with Gasteiger partial charge in [0.1, 0.15) is 0 Å². The van der Waals surface area contributed by atoms with E-state index in [0.717, 1.165) is 18.7 Å². The number of hydrogen-bond acceptors (Lipinski definition) is 3. The van der Waals surface area contributed by atoms with Gasteiger partial charge in [-0.1, -0.05) is 39.5 Å². The van der Waals surface area contributed by atoms with Crippen LogP contribution in [-0.2, 0) is 0 Å². The van der Waals surface area contributed by atoms with Gasteiger partial charge in [-0.25, -0.2) is 0 Å². The summed E-state index contributed by atoms with van der Waals surface area (Å²) in [6.07, 6.45) is 3.25. The molecule has 0 unspecified atom stereocenters. The average molecular weight is 287 g/mol. The van der Waals surface area contributed by atoms with E-state index in [1.165, 1.54) is 0 Å². The summed E-state index contributed by atoms with van der Waals surface area (Å²) in [6.45, 7) is 10.2. The summed E-state index contributed by atoms with van der Waals surface area (Å²) in [5.41, 5.74) is 6.67. The fraction of sp³-hybridized carbons (Fsp3) is 0.529. The fourth-order valence-electron chi connectivity index (χ4n) is 2.08. The first-order chi connectivity index (χ1) is 9.93. The molecule has 0 radical (unpaired) electrons. The summed E-state index contributed by atoms with van der Waals surface area (Å²) >= 11 is 0. The number of aromatic nitrogens is 1. The minimum absolute atomic E-state index is 0.0151. The number of amides is 1. The molecule has 0 aliphatic rings. The summed E-state index contributed by atoms with van der Waals surface area (Å²) in [5, 5.41) is 0. The molecule has 1 amide bonds. The van der Waals surface area contributed by atoms with Crippen LogP contribution < -0.4 is 5.73 Å². The predicted octanol–water partition coefficient (Wildman–Crippen LogP) is 2.15. The third-order valence-electron chi connectivity index (χ3n) is 2.78. The van der Waals surface area contributed by atoms with Gasteiger partial charge in [0.05, 0.1) is 12.1 Å². The Labute approximate surface area is 127 Å². The van der Waals surface area contributed by atoms with Crippen LogP contribution in [0.3, 0.4) is 0 Å². The molecular weight excluding hydrogens is 262 g/mol. The number of pyridine rings is 1. The maximum absolute atomic E-state index is 12.7. The Hall–Kier alpha value is -1.86. The van der Waals surface area contributed by atoms with Crippen LogP contribution >= 0.6 is 0 Å². The maximum atomic E-state index is 12.7. The highest BCUT2D eigenvalue weighted by molar-refractivity contribution is 5.94. The number of rotatable bonds is 5. The second kappa shape index (κ2) is 8.43. The molecule has 4 nitrogen and oxygen atoms in total. The van der Waals surface area contributed by atoms with Crippen LogP contribution in [0.2, 0.25) is 0 Å². The number of carbonyl (C=O) groups is 1. The van der Waals surface area contributed by atoms with Crippen molar-refractivity contribution in [1.29, 1.82) is 0 Å². The Balaban J connectivity index is 2.97. The zero-order valence-electron chi connectivity index (χ0n) is 13.4. The van der Waals surface area contributed by atoms with Gasteiger partial charge < -0.3 is 10.6 Å². The normalized spacial score (nSPS) is 10.4. The molecule has 0 aromatic carbocycles. The van der Waals surface area contributed by atoms with Crippen LogP contribution in [-0.4, -0.2) is 35.4 Å². The Bertz CT molecular complexity index is 516. The van der Waals surface area contributed by atoms with Crippen molar-refractivity contribution in [2.75, 3.05) is 19.6 Å². The van der Waals surface area contributed by atoms with Gasteiger partial charge in [0.25, 0.3) is 5.91 Å². The molecule has 0 spiro atoms. The minimum Gasteiger partial charge on any atom is -0.338 e. The molecule has 4 heteroatoms. The standard InChI is InChI=1S/C17H25N3O/c1-13(2)11-20(12-14(3)4)17(21)16-8-15(6-5-7-18)9-19-10-16/h8-10,13-14H,7,11-12,18H2,1-4H3. The van der Waals surface area contributed by atoms with Crippen molar-refractivity contribution in [3.05, 3.63) is 29.6 Å². The zero-order chi connectivity index (χ0) is 15.8. The highest BCUT2D eigenvalue weighted by Crippen LogP contribution is 2.11. The number of hydrogen-bond donors (Lipinski definition) is 1. The highest BCUT2D eigenvalue weighted by Gasteiger charge is 2.18. The van der Waals surface area contributed by atoms with Crippen LogP contribution in [0.25, 0.3) is 0 Å². The highest BCUT2D eigenvalue weighted by atomic mass is 16.2. The van der Waals surface area contributed by atoms with Crippen molar-refractivity contribution in [3.63, 3.8) is 0 Å². The Morgan fingerprint density at radius 3 is 2.38 bits per heavy atom. The smallest absolute Gasteiger partial charge is 0.255 e. The average Bonchev–Trinajstić information content (AvgIpc) is 2.43. The molecule has 0 fully saturated rings. The molecule has 0 bridgehead atoms. The van der Waals surface area contributed by atoms with Crippen molar-refractivity contribution in [2.24, 2.45) is 17.6 Å². The van der Waals surface area contributed by atoms with Crippen LogP contribution in [0, 0.1) is 23.7 Å². The van der Waals surface area contributed by atoms with Crippen LogP contribution in [0.1, 0.15) is 43.6 Å². The molecule has 1 aromatic rings. The van der Waals surface area contributed by atoms with Crippen molar-refractivity contribution in [3.8, 4) is 11.8 Å². The van der Waals surface area contributed by atoms with E-state index in [9.17, 15) is 4.79 Å². The van der Waals surface area contributed by atoms with Crippen molar-refractivity contribution in [2.45, 2.75) is 27.7 Å². The topological polar surface area (TPSA) is 59.2 Å². The molecule has 1 rings (SSSR count). The Morgan fingerprint density at radius 2 is 1.86 bits per heavy atom. The molecule has 0 aliphatic carbocycles. The van der Waals surface area contributed by atoms with Gasteiger partial charge in [0, 0.05) is 31.0 Å². The van der Waals surface area contributed by atoms with E-state index in [4.69, 9.17) is 5.73 Å². The van der Waals surface area contributed by atoms with Gasteiger partial charge in [-0.15, -0.1) is 0 Å². The van der Waals surface area contributed by atoms with Crippen LogP contribution in [0.15, 0.2) is 18.5 Å². The molecule has 1 aromatic heterocycles. The summed E-state index contributed by atoms with van der Waals surface area (Å²) in [4.78, 5) is 18.7. The van der Waals surface area contributed by atoms with E-state index in [2.05, 4.69) is 44.5 Å². The van der Waals surface area contributed by atoms with Gasteiger partial charge >= 0.3 is 0 Å². The van der Waals surface area contributed by atoms with Gasteiger partial charge in [0.2, 0.25) is 0 Å². The maximum Gasteiger partial charge on any atom is 0.255 e. The molecule has 0 atom stereocenters. The lowest BCUT2D eigenvalue weighted by molar-refractivity contribution is 0.0714. The van der Waals surface area contributed by atoms with Gasteiger partial charge in [-0.05, 0) is 17.9 Å². The van der Waals surface area contributed by atoms with E-state index in [0.29, 0.717) is 23.9 Å². The number of nitrogens with two attached hydrogens (primary N) is 1. The number of nitrogens with zero attached hydrogens (tertiary/aromatic N) is 2. The SMILES string of the molecule is CC(C)CN(CC(C)C)C(=O)c1cncc(C#CCN)c1. The third-order valence-corrected chi connectivity index (χ3v) is 2.78. The summed E-state index contributed by atoms with van der Waals surface area (Å²) in [5.74, 6) is 6.57. The summed E-state index contributed by atoms with van der Waals surface area (Å²) in [6, 6.07) is 1.78. The third kappa shape index (κ3) is 5.97. The van der Waals surface area contributed by atoms with Crippen molar-refractivity contribution in [1.82, 2.24) is 9.88 Å². The first-order valence-electron chi connectivity index (χ1n) is 7.37. The van der Waals surface area contributed by atoms with Crippen LogP contribution in [0.4, 0.5) is 0 Å². The first-order valence-corrected chi connectivity index (χ1v) is 7.37. The van der Waals surface area contributed by atoms with Gasteiger partial charge in [-0.2, -0.15) is 0 Å². The van der Waals surface area contributed by atoms with E-state index in [1.54, 1.807) is 18.5 Å². The predicted molar refractivity (Wildman–Crippen MR) is 85.7 cm³/mol. The molecule has 0 saturated heterocycles. The molecule has 114 valence electrons. The second-order valence-electron chi connectivity index (χ2n) is 5.97. The van der Waals surface area contributed by atoms with Crippen molar-refractivity contribution < 1.29 is 4.79 Å². The van der Waals surface area contributed by atoms with E-state index >= 15 is 0 Å². The summed E-state index contributed by atoms with van der Waals surface area (Å²) < 4.78 is 0. The lowest BCUT2D eigenvalue weighted by atomic mass is 10.1. The van der Waals surface area contributed by atoms with Crippen LogP contribution in [0.5, 0.6) is 0 Å². The number of carbonyl (C=O) groups excluding carboxylic acids is 1. The molecule has 2 N–H and O–H groups in total. The largest absolute Gasteiger partial charge is 0.338 e. The Morgan fingerprint density at radius 1 is 1.24 bits per heavy atom. The first kappa shape index (κ1) is 17.2. The van der Waals surface area contributed by atoms with Gasteiger partial charge in [0.15, 0.2) is 0 Å². The zero-order valence-corrected chi connectivity index (χ0v) is 13.4. The lowest BCUT2D eigenvalue weighted by Gasteiger charge is -2.26. The van der Waals surface area contributed by atoms with Crippen molar-refractivity contribution >= 4 is 5.91 Å². The second-order valence-corrected chi connectivity index (χ2v) is 5.97. The lowest BCUT2D eigenvalue weighted by Crippen LogP contribution is -2.37.